The van der Waals surface area contributed by atoms with Crippen LogP contribution in [-0.4, -0.2) is 18.0 Å². The zero-order valence-corrected chi connectivity index (χ0v) is 18.4. The van der Waals surface area contributed by atoms with E-state index < -0.39 is 0 Å². The van der Waals surface area contributed by atoms with Gasteiger partial charge < -0.3 is 14.5 Å². The van der Waals surface area contributed by atoms with Crippen molar-refractivity contribution in [1.82, 2.24) is 4.98 Å². The van der Waals surface area contributed by atoms with E-state index in [1.165, 1.54) is 0 Å². The Morgan fingerprint density at radius 1 is 1.14 bits per heavy atom. The van der Waals surface area contributed by atoms with E-state index in [4.69, 9.17) is 9.15 Å². The Morgan fingerprint density at radius 3 is 2.75 bits per heavy atom. The van der Waals surface area contributed by atoms with Gasteiger partial charge in [-0.3, -0.25) is 4.79 Å². The smallest absolute Gasteiger partial charge is 0.255 e. The monoisotopic (exact) mass is 548 g/mol. The van der Waals surface area contributed by atoms with Crippen LogP contribution in [0, 0.1) is 3.57 Å². The van der Waals surface area contributed by atoms with Crippen LogP contribution in [0.3, 0.4) is 0 Å². The number of hydrogen-bond donors (Lipinski definition) is 1. The van der Waals surface area contributed by atoms with Gasteiger partial charge in [-0.05, 0) is 93.1 Å². The summed E-state index contributed by atoms with van der Waals surface area (Å²) < 4.78 is 12.9. The first-order chi connectivity index (χ1) is 13.5. The molecule has 0 spiro atoms. The normalized spacial score (nSPS) is 10.8. The fourth-order valence-corrected chi connectivity index (χ4v) is 3.84. The zero-order valence-electron chi connectivity index (χ0n) is 14.7. The zero-order chi connectivity index (χ0) is 19.7. The summed E-state index contributed by atoms with van der Waals surface area (Å²) >= 11 is 5.65. The average Bonchev–Trinajstić information content (AvgIpc) is 3.11. The van der Waals surface area contributed by atoms with Crippen molar-refractivity contribution in [3.05, 3.63) is 74.3 Å². The van der Waals surface area contributed by atoms with E-state index in [0.29, 0.717) is 34.0 Å². The van der Waals surface area contributed by atoms with Crippen molar-refractivity contribution in [3.63, 3.8) is 0 Å². The van der Waals surface area contributed by atoms with E-state index >= 15 is 0 Å². The molecule has 1 amide bonds. The number of rotatable bonds is 4. The van der Waals surface area contributed by atoms with Crippen molar-refractivity contribution in [2.24, 2.45) is 0 Å². The molecule has 0 saturated heterocycles. The Kier molecular flexibility index (Phi) is 5.36. The number of oxazole rings is 1. The highest BCUT2D eigenvalue weighted by Crippen LogP contribution is 2.28. The first-order valence-corrected chi connectivity index (χ1v) is 10.2. The van der Waals surface area contributed by atoms with E-state index in [1.807, 2.05) is 24.3 Å². The topological polar surface area (TPSA) is 64.4 Å². The molecule has 0 aliphatic heterocycles. The van der Waals surface area contributed by atoms with E-state index in [0.717, 1.165) is 13.6 Å². The summed E-state index contributed by atoms with van der Waals surface area (Å²) in [5.74, 6) is 1.00. The maximum absolute atomic E-state index is 12.5. The van der Waals surface area contributed by atoms with Crippen molar-refractivity contribution in [2.45, 2.75) is 0 Å². The third-order valence-electron chi connectivity index (χ3n) is 4.13. The number of ether oxygens (including phenoxy) is 1. The molecule has 0 unspecified atom stereocenters. The van der Waals surface area contributed by atoms with Crippen LogP contribution in [0.25, 0.3) is 22.6 Å². The molecule has 3 aromatic carbocycles. The second kappa shape index (κ2) is 7.92. The van der Waals surface area contributed by atoms with E-state index in [1.54, 1.807) is 43.5 Å². The van der Waals surface area contributed by atoms with Gasteiger partial charge in [-0.25, -0.2) is 4.98 Å². The predicted octanol–water partition coefficient (Wildman–Crippen LogP) is 6.12. The molecular weight excluding hydrogens is 535 g/mol. The number of carbonyl (C=O) groups is 1. The lowest BCUT2D eigenvalue weighted by Gasteiger charge is -2.07. The number of aromatic nitrogens is 1. The Balaban J connectivity index is 1.59. The van der Waals surface area contributed by atoms with Gasteiger partial charge in [-0.15, -0.1) is 0 Å². The molecule has 0 aliphatic carbocycles. The third-order valence-corrected chi connectivity index (χ3v) is 5.42. The molecule has 1 N–H and O–H groups in total. The second-order valence-corrected chi connectivity index (χ2v) is 8.12. The minimum atomic E-state index is -0.218. The lowest BCUT2D eigenvalue weighted by atomic mass is 10.2. The number of nitrogens with zero attached hydrogens (tertiary/aromatic N) is 1. The molecule has 7 heteroatoms. The van der Waals surface area contributed by atoms with Crippen LogP contribution in [0.1, 0.15) is 10.4 Å². The standard InChI is InChI=1S/C21H14BrIN2O3/c1-27-18-7-5-12(10-16(18)22)20(26)24-15-6-8-19-17(11-15)25-21(28-19)13-3-2-4-14(23)9-13/h2-11H,1H3,(H,24,26). The quantitative estimate of drug-likeness (QED) is 0.312. The summed E-state index contributed by atoms with van der Waals surface area (Å²) in [6.07, 6.45) is 0. The minimum absolute atomic E-state index is 0.218. The number of methoxy groups -OCH3 is 1. The molecule has 140 valence electrons. The van der Waals surface area contributed by atoms with Crippen LogP contribution in [0.4, 0.5) is 5.69 Å². The van der Waals surface area contributed by atoms with Gasteiger partial charge in [0.2, 0.25) is 5.89 Å². The molecule has 1 heterocycles. The number of fused-ring (bicyclic) bond motifs is 1. The Bertz CT molecular complexity index is 1190. The fraction of sp³-hybridized carbons (Fsp3) is 0.0476. The highest BCUT2D eigenvalue weighted by Gasteiger charge is 2.12. The number of carbonyl (C=O) groups excluding carboxylic acids is 1. The highest BCUT2D eigenvalue weighted by atomic mass is 127. The van der Waals surface area contributed by atoms with Crippen LogP contribution in [0.15, 0.2) is 69.6 Å². The summed E-state index contributed by atoms with van der Waals surface area (Å²) in [6, 6.07) is 18.5. The summed E-state index contributed by atoms with van der Waals surface area (Å²) in [4.78, 5) is 17.1. The molecule has 0 bridgehead atoms. The molecular formula is C21H14BrIN2O3. The Morgan fingerprint density at radius 2 is 2.00 bits per heavy atom. The number of amides is 1. The SMILES string of the molecule is COc1ccc(C(=O)Nc2ccc3oc(-c4cccc(I)c4)nc3c2)cc1Br. The number of halogens is 2. The van der Waals surface area contributed by atoms with Crippen molar-refractivity contribution in [1.29, 1.82) is 0 Å². The molecule has 1 aromatic heterocycles. The molecule has 0 saturated carbocycles. The van der Waals surface area contributed by atoms with Gasteiger partial charge in [0.1, 0.15) is 11.3 Å². The molecule has 0 fully saturated rings. The number of nitrogens with one attached hydrogen (secondary N) is 1. The second-order valence-electron chi connectivity index (χ2n) is 6.02. The number of benzene rings is 3. The van der Waals surface area contributed by atoms with Crippen LogP contribution >= 0.6 is 38.5 Å². The van der Waals surface area contributed by atoms with Crippen molar-refractivity contribution in [2.75, 3.05) is 12.4 Å². The van der Waals surface area contributed by atoms with Gasteiger partial charge in [0.05, 0.1) is 11.6 Å². The summed E-state index contributed by atoms with van der Waals surface area (Å²) in [5.41, 5.74) is 3.43. The van der Waals surface area contributed by atoms with E-state index in [2.05, 4.69) is 48.8 Å². The van der Waals surface area contributed by atoms with Gasteiger partial charge in [-0.2, -0.15) is 0 Å². The van der Waals surface area contributed by atoms with Crippen LogP contribution < -0.4 is 10.1 Å². The van der Waals surface area contributed by atoms with Crippen LogP contribution in [0.2, 0.25) is 0 Å². The summed E-state index contributed by atoms with van der Waals surface area (Å²) in [7, 11) is 1.58. The molecule has 0 atom stereocenters. The van der Waals surface area contributed by atoms with Gasteiger partial charge in [0.25, 0.3) is 5.91 Å². The Hall–Kier alpha value is -2.39. The fourth-order valence-electron chi connectivity index (χ4n) is 2.76. The van der Waals surface area contributed by atoms with Crippen LogP contribution in [0.5, 0.6) is 5.75 Å². The number of hydrogen-bond acceptors (Lipinski definition) is 4. The van der Waals surface area contributed by atoms with Gasteiger partial charge in [0, 0.05) is 20.4 Å². The lowest BCUT2D eigenvalue weighted by Crippen LogP contribution is -2.11. The van der Waals surface area contributed by atoms with Gasteiger partial charge >= 0.3 is 0 Å². The summed E-state index contributed by atoms with van der Waals surface area (Å²) in [6.45, 7) is 0. The van der Waals surface area contributed by atoms with Crippen molar-refractivity contribution in [3.8, 4) is 17.2 Å². The van der Waals surface area contributed by atoms with E-state index in [-0.39, 0.29) is 5.91 Å². The maximum Gasteiger partial charge on any atom is 0.255 e. The first-order valence-electron chi connectivity index (χ1n) is 8.35. The maximum atomic E-state index is 12.5. The molecule has 0 radical (unpaired) electrons. The molecule has 4 aromatic rings. The number of anilines is 1. The van der Waals surface area contributed by atoms with Gasteiger partial charge in [0.15, 0.2) is 5.58 Å². The molecule has 5 nitrogen and oxygen atoms in total. The van der Waals surface area contributed by atoms with Crippen LogP contribution in [-0.2, 0) is 0 Å². The van der Waals surface area contributed by atoms with E-state index in [9.17, 15) is 4.79 Å². The average molecular weight is 549 g/mol. The first kappa shape index (κ1) is 18.9. The predicted molar refractivity (Wildman–Crippen MR) is 121 cm³/mol. The molecule has 4 rings (SSSR count). The molecule has 0 aliphatic rings. The lowest BCUT2D eigenvalue weighted by molar-refractivity contribution is 0.102. The van der Waals surface area contributed by atoms with Crippen molar-refractivity contribution < 1.29 is 13.9 Å². The summed E-state index contributed by atoms with van der Waals surface area (Å²) in [5, 5.41) is 2.89. The third kappa shape index (κ3) is 3.90. The van der Waals surface area contributed by atoms with Gasteiger partial charge in [-0.1, -0.05) is 6.07 Å². The molecule has 28 heavy (non-hydrogen) atoms. The Labute approximate surface area is 183 Å². The largest absolute Gasteiger partial charge is 0.496 e. The highest BCUT2D eigenvalue weighted by molar-refractivity contribution is 14.1. The van der Waals surface area contributed by atoms with Crippen molar-refractivity contribution >= 4 is 61.2 Å². The minimum Gasteiger partial charge on any atom is -0.496 e.